The molecular weight excluding hydrogens is 360 g/mol. The molecular formula is C26H42O3. The molecule has 4 rings (SSSR count). The van der Waals surface area contributed by atoms with Crippen LogP contribution in [0.2, 0.25) is 0 Å². The molecule has 0 amide bonds. The van der Waals surface area contributed by atoms with Crippen LogP contribution >= 0.6 is 0 Å². The van der Waals surface area contributed by atoms with Gasteiger partial charge in [-0.1, -0.05) is 34.1 Å². The van der Waals surface area contributed by atoms with Gasteiger partial charge in [0.1, 0.15) is 5.78 Å². The quantitative estimate of drug-likeness (QED) is 0.538. The SMILES string of the molecule is COC(=O)CC[C@@H](C)[C@H]1CC[C@H]2[C@@H]3C(=O)C[C@@H]4C[C@H](C)CC[C@]4(C)C3CC[C@]12C. The maximum Gasteiger partial charge on any atom is 0.305 e. The highest BCUT2D eigenvalue weighted by Gasteiger charge is 2.62. The number of rotatable bonds is 4. The molecule has 0 heterocycles. The van der Waals surface area contributed by atoms with Crippen molar-refractivity contribution in [3.05, 3.63) is 0 Å². The van der Waals surface area contributed by atoms with E-state index in [9.17, 15) is 9.59 Å². The van der Waals surface area contributed by atoms with Gasteiger partial charge in [-0.15, -0.1) is 0 Å². The van der Waals surface area contributed by atoms with Gasteiger partial charge in [-0.25, -0.2) is 0 Å². The standard InChI is InChI=1S/C26H42O3/c1-16-10-12-25(3)18(14-16)15-22(27)24-20-8-7-19(17(2)6-9-23(28)29-5)26(20,4)13-11-21(24)25/h16-21,24H,6-15H2,1-5H3/t16-,17-,18+,19-,20+,21?,24+,25+,26-/m1/s1. The van der Waals surface area contributed by atoms with Crippen molar-refractivity contribution in [2.75, 3.05) is 7.11 Å². The molecule has 4 saturated carbocycles. The van der Waals surface area contributed by atoms with Crippen molar-refractivity contribution < 1.29 is 14.3 Å². The van der Waals surface area contributed by atoms with Crippen LogP contribution in [0.5, 0.6) is 0 Å². The van der Waals surface area contributed by atoms with E-state index in [0.29, 0.717) is 53.1 Å². The number of esters is 1. The number of carbonyl (C=O) groups is 2. The molecule has 4 aliphatic rings. The molecule has 0 spiro atoms. The Hall–Kier alpha value is -0.860. The highest BCUT2D eigenvalue weighted by Crippen LogP contribution is 2.67. The maximum absolute atomic E-state index is 13.5. The lowest BCUT2D eigenvalue weighted by Crippen LogP contribution is -2.57. The monoisotopic (exact) mass is 402 g/mol. The summed E-state index contributed by atoms with van der Waals surface area (Å²) in [4.78, 5) is 25.1. The Morgan fingerprint density at radius 2 is 1.79 bits per heavy atom. The molecule has 3 heteroatoms. The van der Waals surface area contributed by atoms with Gasteiger partial charge in [0, 0.05) is 18.8 Å². The first kappa shape index (κ1) is 21.4. The van der Waals surface area contributed by atoms with E-state index in [4.69, 9.17) is 4.74 Å². The zero-order valence-corrected chi connectivity index (χ0v) is 19.3. The molecule has 0 aromatic carbocycles. The van der Waals surface area contributed by atoms with Gasteiger partial charge in [-0.05, 0) is 91.3 Å². The van der Waals surface area contributed by atoms with Crippen molar-refractivity contribution in [1.29, 1.82) is 0 Å². The predicted molar refractivity (Wildman–Crippen MR) is 115 cm³/mol. The number of methoxy groups -OCH3 is 1. The van der Waals surface area contributed by atoms with Crippen LogP contribution in [0.3, 0.4) is 0 Å². The Bertz CT molecular complexity index is 656. The molecule has 0 N–H and O–H groups in total. The fourth-order valence-electron chi connectivity index (χ4n) is 8.77. The zero-order valence-electron chi connectivity index (χ0n) is 19.3. The van der Waals surface area contributed by atoms with Crippen molar-refractivity contribution >= 4 is 11.8 Å². The lowest BCUT2D eigenvalue weighted by Gasteiger charge is -2.60. The highest BCUT2D eigenvalue weighted by atomic mass is 16.5. The first-order valence-electron chi connectivity index (χ1n) is 12.3. The first-order valence-corrected chi connectivity index (χ1v) is 12.3. The number of carbonyl (C=O) groups excluding carboxylic acids is 2. The number of ether oxygens (including phenoxy) is 1. The largest absolute Gasteiger partial charge is 0.469 e. The van der Waals surface area contributed by atoms with Gasteiger partial charge >= 0.3 is 5.97 Å². The molecule has 3 nitrogen and oxygen atoms in total. The number of Topliss-reactive ketones (excluding diaryl/α,β-unsaturated/α-hetero) is 1. The Labute approximate surface area is 177 Å². The molecule has 4 fully saturated rings. The van der Waals surface area contributed by atoms with E-state index in [2.05, 4.69) is 27.7 Å². The second-order valence-electron chi connectivity index (χ2n) is 11.8. The molecule has 0 saturated heterocycles. The van der Waals surface area contributed by atoms with Gasteiger partial charge in [-0.2, -0.15) is 0 Å². The van der Waals surface area contributed by atoms with Gasteiger partial charge in [0.25, 0.3) is 0 Å². The minimum absolute atomic E-state index is 0.0896. The molecule has 0 radical (unpaired) electrons. The van der Waals surface area contributed by atoms with Crippen molar-refractivity contribution in [1.82, 2.24) is 0 Å². The minimum Gasteiger partial charge on any atom is -0.469 e. The molecule has 0 aliphatic heterocycles. The summed E-state index contributed by atoms with van der Waals surface area (Å²) in [5, 5.41) is 0. The normalized spacial score (nSPS) is 47.7. The predicted octanol–water partition coefficient (Wildman–Crippen LogP) is 6.05. The minimum atomic E-state index is -0.0896. The molecule has 0 bridgehead atoms. The van der Waals surface area contributed by atoms with Crippen LogP contribution in [-0.2, 0) is 14.3 Å². The summed E-state index contributed by atoms with van der Waals surface area (Å²) in [5.74, 6) is 4.58. The average molecular weight is 403 g/mol. The lowest BCUT2D eigenvalue weighted by molar-refractivity contribution is -0.158. The summed E-state index contributed by atoms with van der Waals surface area (Å²) >= 11 is 0. The number of hydrogen-bond donors (Lipinski definition) is 0. The first-order chi connectivity index (χ1) is 13.7. The van der Waals surface area contributed by atoms with Crippen LogP contribution in [0, 0.1) is 52.3 Å². The Morgan fingerprint density at radius 1 is 1.10 bits per heavy atom. The fraction of sp³-hybridized carbons (Fsp3) is 0.923. The molecule has 29 heavy (non-hydrogen) atoms. The maximum atomic E-state index is 13.5. The molecule has 0 aromatic heterocycles. The highest BCUT2D eigenvalue weighted by molar-refractivity contribution is 5.83. The summed E-state index contributed by atoms with van der Waals surface area (Å²) in [6, 6.07) is 0. The molecule has 164 valence electrons. The van der Waals surface area contributed by atoms with Crippen molar-refractivity contribution in [3.8, 4) is 0 Å². The topological polar surface area (TPSA) is 43.4 Å². The summed E-state index contributed by atoms with van der Waals surface area (Å²) in [7, 11) is 1.48. The Morgan fingerprint density at radius 3 is 2.52 bits per heavy atom. The summed E-state index contributed by atoms with van der Waals surface area (Å²) in [5.41, 5.74) is 0.665. The van der Waals surface area contributed by atoms with Gasteiger partial charge < -0.3 is 4.74 Å². The van der Waals surface area contributed by atoms with E-state index in [1.54, 1.807) is 0 Å². The van der Waals surface area contributed by atoms with E-state index >= 15 is 0 Å². The van der Waals surface area contributed by atoms with E-state index in [1.807, 2.05) is 0 Å². The molecule has 1 unspecified atom stereocenters. The van der Waals surface area contributed by atoms with E-state index in [-0.39, 0.29) is 11.4 Å². The van der Waals surface area contributed by atoms with Crippen LogP contribution in [0.25, 0.3) is 0 Å². The third-order valence-electron chi connectivity index (χ3n) is 10.5. The molecule has 0 aromatic rings. The van der Waals surface area contributed by atoms with E-state index in [0.717, 1.165) is 18.8 Å². The van der Waals surface area contributed by atoms with Crippen molar-refractivity contribution in [2.24, 2.45) is 52.3 Å². The number of fused-ring (bicyclic) bond motifs is 5. The Balaban J connectivity index is 1.53. The van der Waals surface area contributed by atoms with Crippen LogP contribution < -0.4 is 0 Å². The van der Waals surface area contributed by atoms with Crippen LogP contribution in [-0.4, -0.2) is 18.9 Å². The summed E-state index contributed by atoms with van der Waals surface area (Å²) in [6.07, 6.45) is 11.2. The van der Waals surface area contributed by atoms with Gasteiger partial charge in [0.15, 0.2) is 0 Å². The van der Waals surface area contributed by atoms with E-state index in [1.165, 1.54) is 52.1 Å². The molecule has 4 aliphatic carbocycles. The zero-order chi connectivity index (χ0) is 21.0. The second-order valence-corrected chi connectivity index (χ2v) is 11.8. The number of ketones is 1. The second kappa shape index (κ2) is 7.68. The van der Waals surface area contributed by atoms with Crippen LogP contribution in [0.1, 0.15) is 91.9 Å². The summed E-state index contributed by atoms with van der Waals surface area (Å²) < 4.78 is 4.87. The van der Waals surface area contributed by atoms with Gasteiger partial charge in [0.05, 0.1) is 7.11 Å². The smallest absolute Gasteiger partial charge is 0.305 e. The number of hydrogen-bond acceptors (Lipinski definition) is 3. The fourth-order valence-corrected chi connectivity index (χ4v) is 8.77. The van der Waals surface area contributed by atoms with Crippen LogP contribution in [0.4, 0.5) is 0 Å². The van der Waals surface area contributed by atoms with Gasteiger partial charge in [-0.3, -0.25) is 9.59 Å². The van der Waals surface area contributed by atoms with Crippen molar-refractivity contribution in [3.63, 3.8) is 0 Å². The van der Waals surface area contributed by atoms with E-state index < -0.39 is 0 Å². The van der Waals surface area contributed by atoms with Crippen molar-refractivity contribution in [2.45, 2.75) is 91.9 Å². The lowest BCUT2D eigenvalue weighted by atomic mass is 9.43. The average Bonchev–Trinajstić information content (AvgIpc) is 3.04. The summed E-state index contributed by atoms with van der Waals surface area (Å²) in [6.45, 7) is 9.74. The molecule has 9 atom stereocenters. The third kappa shape index (κ3) is 3.39. The third-order valence-corrected chi connectivity index (χ3v) is 10.5. The Kier molecular flexibility index (Phi) is 5.66. The van der Waals surface area contributed by atoms with Crippen LogP contribution in [0.15, 0.2) is 0 Å². The van der Waals surface area contributed by atoms with Gasteiger partial charge in [0.2, 0.25) is 0 Å².